The lowest BCUT2D eigenvalue weighted by Crippen LogP contribution is -2.52. The molecule has 0 aliphatic carbocycles. The number of carbonyl (C=O) groups is 2. The third-order valence-electron chi connectivity index (χ3n) is 4.87. The van der Waals surface area contributed by atoms with E-state index in [4.69, 9.17) is 32.7 Å². The molecule has 180 valence electrons. The first-order valence-corrected chi connectivity index (χ1v) is 11.6. The molecular weight excluding hydrogens is 463 g/mol. The molecule has 2 aromatic carbocycles. The third kappa shape index (κ3) is 8.78. The van der Waals surface area contributed by atoms with Crippen molar-refractivity contribution in [1.82, 2.24) is 10.2 Å². The van der Waals surface area contributed by atoms with Gasteiger partial charge in [0.25, 0.3) is 0 Å². The van der Waals surface area contributed by atoms with Crippen molar-refractivity contribution in [1.29, 1.82) is 0 Å². The molecule has 0 saturated heterocycles. The summed E-state index contributed by atoms with van der Waals surface area (Å²) in [7, 11) is 1.61. The average Bonchev–Trinajstić information content (AvgIpc) is 2.76. The summed E-state index contributed by atoms with van der Waals surface area (Å²) >= 11 is 12.2. The highest BCUT2D eigenvalue weighted by Gasteiger charge is 2.28. The molecule has 8 heteroatoms. The van der Waals surface area contributed by atoms with Crippen LogP contribution >= 0.6 is 23.2 Å². The molecule has 0 radical (unpaired) electrons. The SMILES string of the molecule is COc1ccc(OCCCC(=O)N(Cc2ccc(Cl)c(Cl)c2)[C@H](C)C(=O)NC(C)(C)C)cc1. The number of carbonyl (C=O) groups excluding carboxylic acids is 2. The quantitative estimate of drug-likeness (QED) is 0.443. The second-order valence-electron chi connectivity index (χ2n) is 8.81. The molecule has 0 aliphatic rings. The Hall–Kier alpha value is -2.44. The van der Waals surface area contributed by atoms with Crippen molar-refractivity contribution in [3.8, 4) is 11.5 Å². The molecule has 0 aromatic heterocycles. The van der Waals surface area contributed by atoms with Gasteiger partial charge in [0.2, 0.25) is 11.8 Å². The van der Waals surface area contributed by atoms with E-state index in [1.54, 1.807) is 37.1 Å². The highest BCUT2D eigenvalue weighted by Crippen LogP contribution is 2.24. The van der Waals surface area contributed by atoms with Gasteiger partial charge in [-0.05, 0) is 76.1 Å². The van der Waals surface area contributed by atoms with Crippen molar-refractivity contribution in [2.45, 2.75) is 58.7 Å². The van der Waals surface area contributed by atoms with Gasteiger partial charge in [0.1, 0.15) is 17.5 Å². The zero-order valence-electron chi connectivity index (χ0n) is 19.8. The molecule has 0 bridgehead atoms. The molecule has 0 aliphatic heterocycles. The van der Waals surface area contributed by atoms with Crippen molar-refractivity contribution in [3.63, 3.8) is 0 Å². The Morgan fingerprint density at radius 1 is 1.03 bits per heavy atom. The van der Waals surface area contributed by atoms with Gasteiger partial charge in [-0.25, -0.2) is 0 Å². The maximum Gasteiger partial charge on any atom is 0.242 e. The Morgan fingerprint density at radius 2 is 1.67 bits per heavy atom. The first-order chi connectivity index (χ1) is 15.5. The smallest absolute Gasteiger partial charge is 0.242 e. The Morgan fingerprint density at radius 3 is 2.24 bits per heavy atom. The van der Waals surface area contributed by atoms with Crippen molar-refractivity contribution < 1.29 is 19.1 Å². The molecular formula is C25H32Cl2N2O4. The highest BCUT2D eigenvalue weighted by molar-refractivity contribution is 6.42. The fourth-order valence-electron chi connectivity index (χ4n) is 3.12. The van der Waals surface area contributed by atoms with Crippen LogP contribution in [0.25, 0.3) is 0 Å². The lowest BCUT2D eigenvalue weighted by Gasteiger charge is -2.31. The lowest BCUT2D eigenvalue weighted by molar-refractivity contribution is -0.141. The summed E-state index contributed by atoms with van der Waals surface area (Å²) in [6.45, 7) is 8.05. The number of hydrogen-bond acceptors (Lipinski definition) is 4. The fourth-order valence-corrected chi connectivity index (χ4v) is 3.44. The van der Waals surface area contributed by atoms with E-state index in [1.807, 2.05) is 45.0 Å². The van der Waals surface area contributed by atoms with Gasteiger partial charge in [-0.15, -0.1) is 0 Å². The summed E-state index contributed by atoms with van der Waals surface area (Å²) in [4.78, 5) is 27.5. The van der Waals surface area contributed by atoms with E-state index in [1.165, 1.54) is 0 Å². The van der Waals surface area contributed by atoms with E-state index in [0.717, 1.165) is 11.3 Å². The predicted molar refractivity (Wildman–Crippen MR) is 132 cm³/mol. The van der Waals surface area contributed by atoms with Crippen molar-refractivity contribution in [2.24, 2.45) is 0 Å². The van der Waals surface area contributed by atoms with E-state index in [2.05, 4.69) is 5.32 Å². The van der Waals surface area contributed by atoms with Crippen LogP contribution in [0.5, 0.6) is 11.5 Å². The Bertz CT molecular complexity index is 942. The molecule has 0 unspecified atom stereocenters. The van der Waals surface area contributed by atoms with Crippen LogP contribution in [0.15, 0.2) is 42.5 Å². The van der Waals surface area contributed by atoms with Crippen LogP contribution in [-0.2, 0) is 16.1 Å². The van der Waals surface area contributed by atoms with E-state index in [9.17, 15) is 9.59 Å². The van der Waals surface area contributed by atoms with Crippen LogP contribution in [0, 0.1) is 0 Å². The van der Waals surface area contributed by atoms with Gasteiger partial charge in [-0.1, -0.05) is 29.3 Å². The molecule has 0 heterocycles. The number of halogens is 2. The Labute approximate surface area is 206 Å². The van der Waals surface area contributed by atoms with Crippen LogP contribution in [-0.4, -0.2) is 42.0 Å². The molecule has 0 spiro atoms. The van der Waals surface area contributed by atoms with Crippen LogP contribution in [0.3, 0.4) is 0 Å². The van der Waals surface area contributed by atoms with Gasteiger partial charge in [0, 0.05) is 18.5 Å². The first kappa shape index (κ1) is 26.8. The summed E-state index contributed by atoms with van der Waals surface area (Å²) in [5, 5.41) is 3.79. The minimum atomic E-state index is -0.659. The second kappa shape index (κ2) is 12.1. The zero-order valence-corrected chi connectivity index (χ0v) is 21.3. The molecule has 2 amide bonds. The van der Waals surface area contributed by atoms with Gasteiger partial charge in [-0.2, -0.15) is 0 Å². The molecule has 2 aromatic rings. The molecule has 6 nitrogen and oxygen atoms in total. The number of nitrogens with one attached hydrogen (secondary N) is 1. The van der Waals surface area contributed by atoms with Gasteiger partial charge >= 0.3 is 0 Å². The maximum absolute atomic E-state index is 13.1. The van der Waals surface area contributed by atoms with Crippen LogP contribution in [0.1, 0.15) is 46.1 Å². The molecule has 0 fully saturated rings. The molecule has 0 saturated carbocycles. The van der Waals surface area contributed by atoms with E-state index >= 15 is 0 Å². The number of benzene rings is 2. The summed E-state index contributed by atoms with van der Waals surface area (Å²) in [5.41, 5.74) is 0.387. The van der Waals surface area contributed by atoms with Crippen LogP contribution in [0.4, 0.5) is 0 Å². The molecule has 33 heavy (non-hydrogen) atoms. The topological polar surface area (TPSA) is 67.9 Å². The lowest BCUT2D eigenvalue weighted by atomic mass is 10.1. The first-order valence-electron chi connectivity index (χ1n) is 10.8. The fraction of sp³-hybridized carbons (Fsp3) is 0.440. The van der Waals surface area contributed by atoms with Crippen molar-refractivity contribution >= 4 is 35.0 Å². The maximum atomic E-state index is 13.1. The normalized spacial score (nSPS) is 12.1. The highest BCUT2D eigenvalue weighted by atomic mass is 35.5. The van der Waals surface area contributed by atoms with E-state index in [-0.39, 0.29) is 24.8 Å². The predicted octanol–water partition coefficient (Wildman–Crippen LogP) is 5.49. The van der Waals surface area contributed by atoms with Crippen molar-refractivity contribution in [3.05, 3.63) is 58.1 Å². The largest absolute Gasteiger partial charge is 0.497 e. The number of nitrogens with zero attached hydrogens (tertiary/aromatic N) is 1. The third-order valence-corrected chi connectivity index (χ3v) is 5.60. The standard InChI is InChI=1S/C25H32Cl2N2O4/c1-17(24(31)28-25(2,3)4)29(16-18-8-13-21(26)22(27)15-18)23(30)7-6-14-33-20-11-9-19(32-5)10-12-20/h8-13,15,17H,6-7,14,16H2,1-5H3,(H,28,31)/t17-/m1/s1. The summed E-state index contributed by atoms with van der Waals surface area (Å²) in [6, 6.07) is 11.8. The molecule has 1 atom stereocenters. The van der Waals surface area contributed by atoms with E-state index in [0.29, 0.717) is 28.8 Å². The van der Waals surface area contributed by atoms with E-state index < -0.39 is 11.6 Å². The monoisotopic (exact) mass is 494 g/mol. The molecule has 1 N–H and O–H groups in total. The summed E-state index contributed by atoms with van der Waals surface area (Å²) in [6.07, 6.45) is 0.751. The average molecular weight is 495 g/mol. The number of ether oxygens (including phenoxy) is 2. The number of rotatable bonds is 10. The number of methoxy groups -OCH3 is 1. The minimum absolute atomic E-state index is 0.143. The summed E-state index contributed by atoms with van der Waals surface area (Å²) < 4.78 is 10.9. The molecule has 2 rings (SSSR count). The summed E-state index contributed by atoms with van der Waals surface area (Å²) in [5.74, 6) is 1.09. The zero-order chi connectivity index (χ0) is 24.6. The number of amides is 2. The minimum Gasteiger partial charge on any atom is -0.497 e. The Kier molecular flexibility index (Phi) is 9.87. The van der Waals surface area contributed by atoms with Gasteiger partial charge in [0.15, 0.2) is 0 Å². The second-order valence-corrected chi connectivity index (χ2v) is 9.63. The van der Waals surface area contributed by atoms with Crippen LogP contribution in [0.2, 0.25) is 10.0 Å². The van der Waals surface area contributed by atoms with Crippen LogP contribution < -0.4 is 14.8 Å². The van der Waals surface area contributed by atoms with Gasteiger partial charge in [0.05, 0.1) is 23.8 Å². The van der Waals surface area contributed by atoms with Gasteiger partial charge < -0.3 is 19.7 Å². The number of hydrogen-bond donors (Lipinski definition) is 1. The van der Waals surface area contributed by atoms with Gasteiger partial charge in [-0.3, -0.25) is 9.59 Å². The van der Waals surface area contributed by atoms with Crippen molar-refractivity contribution in [2.75, 3.05) is 13.7 Å². The Balaban J connectivity index is 2.04.